The van der Waals surface area contributed by atoms with Gasteiger partial charge in [0, 0.05) is 12.1 Å². The Morgan fingerprint density at radius 3 is 2.56 bits per heavy atom. The fourth-order valence-electron chi connectivity index (χ4n) is 2.08. The van der Waals surface area contributed by atoms with Crippen molar-refractivity contribution >= 4 is 0 Å². The molecule has 0 bridgehead atoms. The van der Waals surface area contributed by atoms with Crippen LogP contribution in [0.3, 0.4) is 0 Å². The lowest BCUT2D eigenvalue weighted by Crippen LogP contribution is -2.36. The van der Waals surface area contributed by atoms with Gasteiger partial charge in [0.25, 0.3) is 0 Å². The van der Waals surface area contributed by atoms with Gasteiger partial charge in [-0.2, -0.15) is 0 Å². The Kier molecular flexibility index (Phi) is 5.17. The van der Waals surface area contributed by atoms with Crippen LogP contribution in [-0.2, 0) is 5.60 Å². The van der Waals surface area contributed by atoms with Crippen molar-refractivity contribution in [2.24, 2.45) is 0 Å². The Hall–Kier alpha value is -1.06. The molecular weight excluding hydrogens is 226 g/mol. The second-order valence-electron chi connectivity index (χ2n) is 5.04. The monoisotopic (exact) mass is 251 g/mol. The molecule has 1 unspecified atom stereocenters. The summed E-state index contributed by atoms with van der Waals surface area (Å²) in [6, 6.07) is 3.98. The van der Waals surface area contributed by atoms with Crippen molar-refractivity contribution in [3.05, 3.63) is 28.8 Å². The summed E-state index contributed by atoms with van der Waals surface area (Å²) in [6.45, 7) is 9.43. The Morgan fingerprint density at radius 1 is 1.33 bits per heavy atom. The van der Waals surface area contributed by atoms with Gasteiger partial charge in [-0.05, 0) is 44.9 Å². The second-order valence-corrected chi connectivity index (χ2v) is 5.04. The third kappa shape index (κ3) is 3.24. The topological polar surface area (TPSA) is 41.5 Å². The van der Waals surface area contributed by atoms with E-state index < -0.39 is 5.60 Å². The van der Waals surface area contributed by atoms with Crippen molar-refractivity contribution in [2.45, 2.75) is 39.7 Å². The highest BCUT2D eigenvalue weighted by atomic mass is 16.5. The van der Waals surface area contributed by atoms with Crippen LogP contribution in [-0.4, -0.2) is 25.3 Å². The molecule has 0 aliphatic carbocycles. The van der Waals surface area contributed by atoms with Gasteiger partial charge in [-0.25, -0.2) is 0 Å². The van der Waals surface area contributed by atoms with Crippen LogP contribution in [0.2, 0.25) is 0 Å². The summed E-state index contributed by atoms with van der Waals surface area (Å²) in [5.41, 5.74) is 2.19. The first kappa shape index (κ1) is 15.0. The largest absolute Gasteiger partial charge is 0.496 e. The molecule has 0 fully saturated rings. The molecule has 1 atom stereocenters. The molecule has 0 saturated heterocycles. The van der Waals surface area contributed by atoms with Gasteiger partial charge in [0.1, 0.15) is 11.4 Å². The van der Waals surface area contributed by atoms with Gasteiger partial charge in [0.05, 0.1) is 7.11 Å². The molecule has 0 aliphatic heterocycles. The lowest BCUT2D eigenvalue weighted by molar-refractivity contribution is 0.0545. The van der Waals surface area contributed by atoms with E-state index in [1.54, 1.807) is 7.11 Å². The van der Waals surface area contributed by atoms with E-state index in [2.05, 4.69) is 12.2 Å². The average Bonchev–Trinajstić information content (AvgIpc) is 2.32. The molecule has 18 heavy (non-hydrogen) atoms. The fraction of sp³-hybridized carbons (Fsp3) is 0.600. The Balaban J connectivity index is 3.04. The third-order valence-corrected chi connectivity index (χ3v) is 3.36. The van der Waals surface area contributed by atoms with Gasteiger partial charge < -0.3 is 15.2 Å². The zero-order valence-corrected chi connectivity index (χ0v) is 12.1. The molecule has 2 N–H and O–H groups in total. The zero-order valence-electron chi connectivity index (χ0n) is 12.1. The van der Waals surface area contributed by atoms with Gasteiger partial charge in [0.15, 0.2) is 0 Å². The van der Waals surface area contributed by atoms with Crippen LogP contribution in [0.4, 0.5) is 0 Å². The van der Waals surface area contributed by atoms with E-state index in [1.165, 1.54) is 5.56 Å². The van der Waals surface area contributed by atoms with Gasteiger partial charge in [0.2, 0.25) is 0 Å². The van der Waals surface area contributed by atoms with Crippen LogP contribution in [0.1, 0.15) is 37.0 Å². The summed E-state index contributed by atoms with van der Waals surface area (Å²) in [7, 11) is 1.65. The molecule has 3 nitrogen and oxygen atoms in total. The first-order valence-corrected chi connectivity index (χ1v) is 6.51. The number of methoxy groups -OCH3 is 1. The van der Waals surface area contributed by atoms with Gasteiger partial charge >= 0.3 is 0 Å². The minimum absolute atomic E-state index is 0.527. The summed E-state index contributed by atoms with van der Waals surface area (Å²) in [5, 5.41) is 13.9. The zero-order chi connectivity index (χ0) is 13.8. The Labute approximate surface area is 110 Å². The summed E-state index contributed by atoms with van der Waals surface area (Å²) in [5.74, 6) is 0.790. The molecule has 1 rings (SSSR count). The number of nitrogens with one attached hydrogen (secondary N) is 1. The number of hydrogen-bond acceptors (Lipinski definition) is 3. The SMILES string of the molecule is CCCNCC(C)(O)c1ccc(C)c(C)c1OC. The van der Waals surface area contributed by atoms with Crippen molar-refractivity contribution in [1.82, 2.24) is 5.32 Å². The smallest absolute Gasteiger partial charge is 0.128 e. The highest BCUT2D eigenvalue weighted by Crippen LogP contribution is 2.33. The first-order valence-electron chi connectivity index (χ1n) is 6.51. The van der Waals surface area contributed by atoms with Crippen LogP contribution < -0.4 is 10.1 Å². The lowest BCUT2D eigenvalue weighted by Gasteiger charge is -2.27. The summed E-state index contributed by atoms with van der Waals surface area (Å²) >= 11 is 0. The molecule has 0 spiro atoms. The maximum absolute atomic E-state index is 10.6. The highest BCUT2D eigenvalue weighted by molar-refractivity contribution is 5.47. The number of aryl methyl sites for hydroxylation is 1. The van der Waals surface area contributed by atoms with Crippen LogP contribution in [0, 0.1) is 13.8 Å². The van der Waals surface area contributed by atoms with Gasteiger partial charge in [-0.15, -0.1) is 0 Å². The van der Waals surface area contributed by atoms with E-state index in [0.717, 1.165) is 29.8 Å². The molecule has 1 aromatic carbocycles. The number of hydrogen-bond donors (Lipinski definition) is 2. The van der Waals surface area contributed by atoms with E-state index in [0.29, 0.717) is 6.54 Å². The van der Waals surface area contributed by atoms with Crippen LogP contribution in [0.15, 0.2) is 12.1 Å². The van der Waals surface area contributed by atoms with Crippen molar-refractivity contribution in [3.63, 3.8) is 0 Å². The average molecular weight is 251 g/mol. The van der Waals surface area contributed by atoms with E-state index in [-0.39, 0.29) is 0 Å². The predicted molar refractivity (Wildman–Crippen MR) is 75.2 cm³/mol. The second kappa shape index (κ2) is 6.21. The van der Waals surface area contributed by atoms with Gasteiger partial charge in [-0.3, -0.25) is 0 Å². The standard InChI is InChI=1S/C15H25NO2/c1-6-9-16-10-15(4,17)13-8-7-11(2)12(3)14(13)18-5/h7-8,16-17H,6,9-10H2,1-5H3. The normalized spacial score (nSPS) is 14.3. The molecule has 102 valence electrons. The van der Waals surface area contributed by atoms with Gasteiger partial charge in [-0.1, -0.05) is 19.1 Å². The third-order valence-electron chi connectivity index (χ3n) is 3.36. The Bertz CT molecular complexity index is 400. The first-order chi connectivity index (χ1) is 8.44. The summed E-state index contributed by atoms with van der Waals surface area (Å²) in [4.78, 5) is 0. The number of benzene rings is 1. The quantitative estimate of drug-likeness (QED) is 0.763. The maximum atomic E-state index is 10.6. The molecule has 3 heteroatoms. The summed E-state index contributed by atoms with van der Waals surface area (Å²) in [6.07, 6.45) is 1.06. The molecule has 0 amide bonds. The maximum Gasteiger partial charge on any atom is 0.128 e. The molecule has 0 radical (unpaired) electrons. The minimum Gasteiger partial charge on any atom is -0.496 e. The lowest BCUT2D eigenvalue weighted by atomic mass is 9.91. The molecule has 0 aliphatic rings. The van der Waals surface area contributed by atoms with Crippen LogP contribution in [0.25, 0.3) is 0 Å². The fourth-order valence-corrected chi connectivity index (χ4v) is 2.08. The number of aliphatic hydroxyl groups is 1. The number of rotatable bonds is 6. The van der Waals surface area contributed by atoms with Crippen molar-refractivity contribution in [1.29, 1.82) is 0 Å². The van der Waals surface area contributed by atoms with Crippen LogP contribution >= 0.6 is 0 Å². The van der Waals surface area contributed by atoms with E-state index in [1.807, 2.05) is 32.9 Å². The molecule has 1 aromatic rings. The van der Waals surface area contributed by atoms with Crippen molar-refractivity contribution < 1.29 is 9.84 Å². The number of ether oxygens (including phenoxy) is 1. The Morgan fingerprint density at radius 2 is 2.00 bits per heavy atom. The van der Waals surface area contributed by atoms with Crippen molar-refractivity contribution in [2.75, 3.05) is 20.2 Å². The van der Waals surface area contributed by atoms with E-state index in [4.69, 9.17) is 4.74 Å². The van der Waals surface area contributed by atoms with E-state index >= 15 is 0 Å². The van der Waals surface area contributed by atoms with Crippen molar-refractivity contribution in [3.8, 4) is 5.75 Å². The summed E-state index contributed by atoms with van der Waals surface area (Å²) < 4.78 is 5.46. The molecule has 0 aromatic heterocycles. The van der Waals surface area contributed by atoms with E-state index in [9.17, 15) is 5.11 Å². The predicted octanol–water partition coefficient (Wildman–Crippen LogP) is 2.52. The van der Waals surface area contributed by atoms with Crippen LogP contribution in [0.5, 0.6) is 5.75 Å². The highest BCUT2D eigenvalue weighted by Gasteiger charge is 2.27. The minimum atomic E-state index is -0.918. The molecule has 0 saturated carbocycles. The molecular formula is C15H25NO2. The molecule has 0 heterocycles.